The Hall–Kier alpha value is -2.69. The van der Waals surface area contributed by atoms with Gasteiger partial charge < -0.3 is 0 Å². The Balaban J connectivity index is 2.00. The van der Waals surface area contributed by atoms with E-state index >= 15 is 0 Å². The lowest BCUT2D eigenvalue weighted by atomic mass is 9.90. The Morgan fingerprint density at radius 1 is 1.14 bits per heavy atom. The van der Waals surface area contributed by atoms with Crippen molar-refractivity contribution in [3.8, 4) is 5.69 Å². The summed E-state index contributed by atoms with van der Waals surface area (Å²) in [6, 6.07) is 7.70. The Bertz CT molecular complexity index is 948. The first kappa shape index (κ1) is 13.0. The van der Waals surface area contributed by atoms with Gasteiger partial charge >= 0.3 is 0 Å². The van der Waals surface area contributed by atoms with Crippen LogP contribution in [0.15, 0.2) is 35.3 Å². The van der Waals surface area contributed by atoms with Gasteiger partial charge in [0.05, 0.1) is 11.1 Å². The van der Waals surface area contributed by atoms with E-state index in [1.54, 1.807) is 6.20 Å². The van der Waals surface area contributed by atoms with Crippen LogP contribution >= 0.6 is 0 Å². The zero-order valence-corrected chi connectivity index (χ0v) is 12.2. The third kappa shape index (κ3) is 1.82. The van der Waals surface area contributed by atoms with Gasteiger partial charge in [0.2, 0.25) is 0 Å². The molecular weight excluding hydrogens is 278 g/mol. The number of rotatable bonds is 1. The molecule has 0 amide bonds. The zero-order chi connectivity index (χ0) is 15.3. The number of ketones is 1. The molecular formula is C17H15N3O2. The number of nitrogens with zero attached hydrogens (tertiary/aromatic N) is 2. The highest BCUT2D eigenvalue weighted by Gasteiger charge is 2.23. The number of carbonyl (C=O) groups excluding carboxylic acids is 1. The first-order valence-electron chi connectivity index (χ1n) is 7.38. The lowest BCUT2D eigenvalue weighted by molar-refractivity contribution is 0.0972. The van der Waals surface area contributed by atoms with Crippen LogP contribution in [0.2, 0.25) is 0 Å². The monoisotopic (exact) mass is 293 g/mol. The van der Waals surface area contributed by atoms with E-state index < -0.39 is 0 Å². The molecule has 0 aliphatic heterocycles. The minimum atomic E-state index is -0.141. The van der Waals surface area contributed by atoms with E-state index in [0.717, 1.165) is 29.7 Å². The lowest BCUT2D eigenvalue weighted by Gasteiger charge is -2.13. The summed E-state index contributed by atoms with van der Waals surface area (Å²) in [5.41, 5.74) is 3.75. The molecule has 110 valence electrons. The fourth-order valence-electron chi connectivity index (χ4n) is 3.07. The second kappa shape index (κ2) is 4.66. The van der Waals surface area contributed by atoms with E-state index in [9.17, 15) is 9.59 Å². The standard InChI is InChI=1S/C17H15N3O2/c1-10-5-7-11(8-6-10)20-17(22)15-12-3-2-4-14(21)13(12)9-18-16(15)19-20/h5-9H,2-4H2,1H3,(H,18,19). The Morgan fingerprint density at radius 2 is 1.91 bits per heavy atom. The van der Waals surface area contributed by atoms with Gasteiger partial charge in [-0.25, -0.2) is 9.67 Å². The van der Waals surface area contributed by atoms with Crippen LogP contribution in [0.25, 0.3) is 16.7 Å². The van der Waals surface area contributed by atoms with Crippen LogP contribution in [-0.2, 0) is 6.42 Å². The number of hydrogen-bond acceptors (Lipinski definition) is 3. The molecule has 2 heterocycles. The van der Waals surface area contributed by atoms with Crippen LogP contribution in [0.4, 0.5) is 0 Å². The van der Waals surface area contributed by atoms with Crippen molar-refractivity contribution in [2.45, 2.75) is 26.2 Å². The summed E-state index contributed by atoms with van der Waals surface area (Å²) < 4.78 is 1.50. The molecule has 0 atom stereocenters. The maximum atomic E-state index is 12.8. The predicted octanol–water partition coefficient (Wildman–Crippen LogP) is 2.54. The maximum absolute atomic E-state index is 12.8. The summed E-state index contributed by atoms with van der Waals surface area (Å²) in [7, 11) is 0. The molecule has 0 saturated heterocycles. The van der Waals surface area contributed by atoms with Crippen molar-refractivity contribution in [1.82, 2.24) is 14.8 Å². The summed E-state index contributed by atoms with van der Waals surface area (Å²) in [6.45, 7) is 2.00. The van der Waals surface area contributed by atoms with Gasteiger partial charge in [-0.05, 0) is 37.5 Å². The summed E-state index contributed by atoms with van der Waals surface area (Å²) >= 11 is 0. The highest BCUT2D eigenvalue weighted by molar-refractivity contribution is 6.02. The van der Waals surface area contributed by atoms with Gasteiger partial charge in [-0.15, -0.1) is 0 Å². The van der Waals surface area contributed by atoms with E-state index in [1.165, 1.54) is 4.68 Å². The average molecular weight is 293 g/mol. The second-order valence-corrected chi connectivity index (χ2v) is 5.74. The number of Topliss-reactive ketones (excluding diaryl/α,β-unsaturated/α-hetero) is 1. The minimum Gasteiger partial charge on any atom is -0.294 e. The van der Waals surface area contributed by atoms with Crippen LogP contribution in [0.1, 0.15) is 34.3 Å². The maximum Gasteiger partial charge on any atom is 0.281 e. The molecule has 0 bridgehead atoms. The average Bonchev–Trinajstić information content (AvgIpc) is 2.86. The van der Waals surface area contributed by atoms with Crippen molar-refractivity contribution < 1.29 is 4.79 Å². The van der Waals surface area contributed by atoms with Crippen molar-refractivity contribution in [3.05, 3.63) is 57.5 Å². The van der Waals surface area contributed by atoms with Gasteiger partial charge in [0.15, 0.2) is 11.4 Å². The van der Waals surface area contributed by atoms with E-state index in [2.05, 4.69) is 10.1 Å². The van der Waals surface area contributed by atoms with Gasteiger partial charge in [-0.3, -0.25) is 14.7 Å². The fraction of sp³-hybridized carbons (Fsp3) is 0.235. The molecule has 22 heavy (non-hydrogen) atoms. The van der Waals surface area contributed by atoms with E-state index in [1.807, 2.05) is 31.2 Å². The van der Waals surface area contributed by atoms with Crippen molar-refractivity contribution >= 4 is 16.8 Å². The van der Waals surface area contributed by atoms with Crippen molar-refractivity contribution in [2.75, 3.05) is 0 Å². The number of pyridine rings is 1. The molecule has 0 fully saturated rings. The summed E-state index contributed by atoms with van der Waals surface area (Å²) in [6.07, 6.45) is 3.67. The molecule has 5 heteroatoms. The number of aromatic amines is 1. The predicted molar refractivity (Wildman–Crippen MR) is 83.7 cm³/mol. The molecule has 3 aromatic rings. The number of aromatic nitrogens is 3. The molecule has 1 aliphatic carbocycles. The normalized spacial score (nSPS) is 14.3. The number of hydrogen-bond donors (Lipinski definition) is 1. The quantitative estimate of drug-likeness (QED) is 0.749. The molecule has 0 spiro atoms. The Kier molecular flexibility index (Phi) is 2.76. The molecule has 2 aromatic heterocycles. The van der Waals surface area contributed by atoms with Gasteiger partial charge in [-0.2, -0.15) is 0 Å². The number of H-pyrrole nitrogens is 1. The van der Waals surface area contributed by atoms with Crippen LogP contribution in [0, 0.1) is 6.92 Å². The van der Waals surface area contributed by atoms with Crippen LogP contribution < -0.4 is 5.56 Å². The second-order valence-electron chi connectivity index (χ2n) is 5.74. The summed E-state index contributed by atoms with van der Waals surface area (Å²) in [5.74, 6) is 0.0816. The minimum absolute atomic E-state index is 0.0816. The molecule has 0 radical (unpaired) electrons. The topological polar surface area (TPSA) is 67.8 Å². The van der Waals surface area contributed by atoms with Gasteiger partial charge in [0, 0.05) is 18.2 Å². The highest BCUT2D eigenvalue weighted by atomic mass is 16.1. The van der Waals surface area contributed by atoms with Crippen LogP contribution in [0.5, 0.6) is 0 Å². The van der Waals surface area contributed by atoms with Crippen molar-refractivity contribution in [3.63, 3.8) is 0 Å². The van der Waals surface area contributed by atoms with Gasteiger partial charge in [0.1, 0.15) is 0 Å². The molecule has 1 aliphatic rings. The highest BCUT2D eigenvalue weighted by Crippen LogP contribution is 2.25. The molecule has 4 rings (SSSR count). The SMILES string of the molecule is Cc1ccc(-n2[nH]c3ncc4c(c3c2=O)CCCC4=O)cc1. The van der Waals surface area contributed by atoms with Crippen molar-refractivity contribution in [2.24, 2.45) is 0 Å². The Morgan fingerprint density at radius 3 is 2.68 bits per heavy atom. The number of benzene rings is 1. The first-order valence-corrected chi connectivity index (χ1v) is 7.38. The van der Waals surface area contributed by atoms with Crippen molar-refractivity contribution in [1.29, 1.82) is 0 Å². The number of nitrogens with one attached hydrogen (secondary N) is 1. The van der Waals surface area contributed by atoms with Gasteiger partial charge in [-0.1, -0.05) is 17.7 Å². The largest absolute Gasteiger partial charge is 0.294 e. The fourth-order valence-corrected chi connectivity index (χ4v) is 3.07. The van der Waals surface area contributed by atoms with Crippen LogP contribution in [0.3, 0.4) is 0 Å². The van der Waals surface area contributed by atoms with E-state index in [-0.39, 0.29) is 11.3 Å². The summed E-state index contributed by atoms with van der Waals surface area (Å²) in [5, 5.41) is 3.59. The lowest BCUT2D eigenvalue weighted by Crippen LogP contribution is -2.17. The number of aryl methyl sites for hydroxylation is 2. The summed E-state index contributed by atoms with van der Waals surface area (Å²) in [4.78, 5) is 29.0. The number of fused-ring (bicyclic) bond motifs is 3. The first-order chi connectivity index (χ1) is 10.6. The molecule has 1 aromatic carbocycles. The smallest absolute Gasteiger partial charge is 0.281 e. The molecule has 1 N–H and O–H groups in total. The van der Waals surface area contributed by atoms with E-state index in [0.29, 0.717) is 23.0 Å². The Labute approximate surface area is 126 Å². The number of carbonyl (C=O) groups is 1. The molecule has 0 saturated carbocycles. The molecule has 5 nitrogen and oxygen atoms in total. The molecule has 0 unspecified atom stereocenters. The van der Waals surface area contributed by atoms with Crippen LogP contribution in [-0.4, -0.2) is 20.5 Å². The third-order valence-electron chi connectivity index (χ3n) is 4.24. The van der Waals surface area contributed by atoms with Gasteiger partial charge in [0.25, 0.3) is 5.56 Å². The third-order valence-corrected chi connectivity index (χ3v) is 4.24. The zero-order valence-electron chi connectivity index (χ0n) is 12.2. The van der Waals surface area contributed by atoms with E-state index in [4.69, 9.17) is 0 Å².